The van der Waals surface area contributed by atoms with Gasteiger partial charge in [-0.1, -0.05) is 35.6 Å². The van der Waals surface area contributed by atoms with Crippen molar-refractivity contribution in [2.24, 2.45) is 4.99 Å². The van der Waals surface area contributed by atoms with Crippen LogP contribution in [-0.2, 0) is 9.53 Å². The third-order valence-corrected chi connectivity index (χ3v) is 7.84. The molecular weight excluding hydrogens is 514 g/mol. The van der Waals surface area contributed by atoms with Gasteiger partial charge in [-0.3, -0.25) is 9.36 Å². The van der Waals surface area contributed by atoms with Gasteiger partial charge in [0, 0.05) is 28.7 Å². The molecule has 202 valence electrons. The van der Waals surface area contributed by atoms with Crippen molar-refractivity contribution in [3.63, 3.8) is 0 Å². The van der Waals surface area contributed by atoms with Gasteiger partial charge in [0.15, 0.2) is 16.3 Å². The van der Waals surface area contributed by atoms with Gasteiger partial charge in [0.2, 0.25) is 0 Å². The van der Waals surface area contributed by atoms with E-state index in [0.29, 0.717) is 37.7 Å². The second-order valence-corrected chi connectivity index (χ2v) is 10.5. The highest BCUT2D eigenvalue weighted by molar-refractivity contribution is 7.07. The second-order valence-electron chi connectivity index (χ2n) is 9.52. The number of para-hydroxylation sites is 1. The number of ether oxygens (including phenoxy) is 3. The van der Waals surface area contributed by atoms with Gasteiger partial charge < -0.3 is 18.8 Å². The average Bonchev–Trinajstić information content (AvgIpc) is 3.45. The van der Waals surface area contributed by atoms with Crippen LogP contribution in [0.3, 0.4) is 0 Å². The summed E-state index contributed by atoms with van der Waals surface area (Å²) in [5.74, 6) is 0.540. The van der Waals surface area contributed by atoms with Gasteiger partial charge in [-0.15, -0.1) is 0 Å². The summed E-state index contributed by atoms with van der Waals surface area (Å²) in [5.41, 5.74) is 3.35. The van der Waals surface area contributed by atoms with E-state index in [1.54, 1.807) is 44.8 Å². The minimum atomic E-state index is -0.737. The fraction of sp³-hybridized carbons (Fsp3) is 0.300. The molecule has 5 rings (SSSR count). The molecule has 9 heteroatoms. The zero-order valence-corrected chi connectivity index (χ0v) is 23.7. The van der Waals surface area contributed by atoms with E-state index >= 15 is 0 Å². The number of aromatic nitrogens is 2. The molecule has 1 aliphatic rings. The van der Waals surface area contributed by atoms with Crippen LogP contribution in [0.5, 0.6) is 11.5 Å². The van der Waals surface area contributed by atoms with Crippen LogP contribution in [0.1, 0.15) is 50.9 Å². The topological polar surface area (TPSA) is 84.1 Å². The van der Waals surface area contributed by atoms with Gasteiger partial charge in [-0.05, 0) is 57.5 Å². The number of fused-ring (bicyclic) bond motifs is 2. The van der Waals surface area contributed by atoms with Crippen molar-refractivity contribution < 1.29 is 19.0 Å². The summed E-state index contributed by atoms with van der Waals surface area (Å²) in [6.45, 7) is 7.99. The van der Waals surface area contributed by atoms with E-state index in [4.69, 9.17) is 14.2 Å². The third kappa shape index (κ3) is 4.57. The summed E-state index contributed by atoms with van der Waals surface area (Å²) in [6.07, 6.45) is 3.99. The SMILES string of the molecule is CCOC(=O)C1=C(C)N=c2s/c(=C\c3cn(C(C)C)c4ccccc34)c(=O)n2[C@@H]1c1ccc(OC)c(OC)c1. The molecule has 0 N–H and O–H groups in total. The van der Waals surface area contributed by atoms with Crippen LogP contribution < -0.4 is 24.4 Å². The first kappa shape index (κ1) is 26.5. The Morgan fingerprint density at radius 1 is 1.13 bits per heavy atom. The molecule has 39 heavy (non-hydrogen) atoms. The lowest BCUT2D eigenvalue weighted by Gasteiger charge is -2.25. The maximum absolute atomic E-state index is 14.0. The lowest BCUT2D eigenvalue weighted by molar-refractivity contribution is -0.139. The summed E-state index contributed by atoms with van der Waals surface area (Å²) in [6, 6.07) is 13.1. The van der Waals surface area contributed by atoms with E-state index in [-0.39, 0.29) is 18.2 Å². The molecule has 3 heterocycles. The highest BCUT2D eigenvalue weighted by atomic mass is 32.1. The zero-order valence-electron chi connectivity index (χ0n) is 22.8. The number of carbonyl (C=O) groups excluding carboxylic acids is 1. The highest BCUT2D eigenvalue weighted by Gasteiger charge is 2.34. The van der Waals surface area contributed by atoms with E-state index in [1.807, 2.05) is 24.3 Å². The number of methoxy groups -OCH3 is 2. The fourth-order valence-electron chi connectivity index (χ4n) is 5.05. The summed E-state index contributed by atoms with van der Waals surface area (Å²) in [7, 11) is 3.11. The predicted molar refractivity (Wildman–Crippen MR) is 152 cm³/mol. The van der Waals surface area contributed by atoms with Crippen molar-refractivity contribution in [3.8, 4) is 11.5 Å². The van der Waals surface area contributed by atoms with Crippen LogP contribution in [0.2, 0.25) is 0 Å². The lowest BCUT2D eigenvalue weighted by atomic mass is 9.95. The molecule has 0 radical (unpaired) electrons. The molecule has 0 saturated heterocycles. The molecule has 0 unspecified atom stereocenters. The van der Waals surface area contributed by atoms with Gasteiger partial charge in [-0.2, -0.15) is 0 Å². The molecular formula is C30H31N3O5S. The van der Waals surface area contributed by atoms with E-state index in [1.165, 1.54) is 11.3 Å². The van der Waals surface area contributed by atoms with Crippen molar-refractivity contribution in [1.29, 1.82) is 0 Å². The predicted octanol–water partition coefficient (Wildman–Crippen LogP) is 4.35. The van der Waals surface area contributed by atoms with Crippen LogP contribution in [0.4, 0.5) is 0 Å². The molecule has 0 bridgehead atoms. The Kier molecular flexibility index (Phi) is 7.18. The molecule has 0 saturated carbocycles. The molecule has 1 atom stereocenters. The number of allylic oxidation sites excluding steroid dienone is 1. The smallest absolute Gasteiger partial charge is 0.338 e. The molecule has 4 aromatic rings. The van der Waals surface area contributed by atoms with Gasteiger partial charge >= 0.3 is 5.97 Å². The molecule has 0 aliphatic carbocycles. The number of carbonyl (C=O) groups is 1. The van der Waals surface area contributed by atoms with Crippen molar-refractivity contribution in [1.82, 2.24) is 9.13 Å². The minimum Gasteiger partial charge on any atom is -0.493 e. The standard InChI is InChI=1S/C30H31N3O5S/c1-7-38-29(35)26-18(4)31-30-33(27(26)19-12-13-23(36-5)24(14-19)37-6)28(34)25(39-30)15-20-16-32(17(2)3)22-11-9-8-10-21(20)22/h8-17,27H,7H2,1-6H3/b25-15-/t27-/m1/s1. The molecule has 2 aromatic carbocycles. The van der Waals surface area contributed by atoms with Crippen LogP contribution in [0, 0.1) is 0 Å². The van der Waals surface area contributed by atoms with Gasteiger partial charge in [0.25, 0.3) is 5.56 Å². The quantitative estimate of drug-likeness (QED) is 0.323. The Morgan fingerprint density at radius 3 is 2.56 bits per heavy atom. The van der Waals surface area contributed by atoms with Gasteiger partial charge in [0.05, 0.1) is 42.7 Å². The number of esters is 1. The Balaban J connectivity index is 1.76. The van der Waals surface area contributed by atoms with Crippen LogP contribution in [-0.4, -0.2) is 35.9 Å². The average molecular weight is 546 g/mol. The Hall–Kier alpha value is -4.11. The largest absolute Gasteiger partial charge is 0.493 e. The normalized spacial score (nSPS) is 15.5. The second kappa shape index (κ2) is 10.6. The van der Waals surface area contributed by atoms with Gasteiger partial charge in [-0.25, -0.2) is 9.79 Å². The first-order valence-corrected chi connectivity index (χ1v) is 13.6. The minimum absolute atomic E-state index is 0.207. The third-order valence-electron chi connectivity index (χ3n) is 6.85. The molecule has 0 fully saturated rings. The molecule has 2 aromatic heterocycles. The maximum Gasteiger partial charge on any atom is 0.338 e. The first-order valence-electron chi connectivity index (χ1n) is 12.8. The molecule has 8 nitrogen and oxygen atoms in total. The van der Waals surface area contributed by atoms with Crippen molar-refractivity contribution in [2.75, 3.05) is 20.8 Å². The fourth-order valence-corrected chi connectivity index (χ4v) is 6.08. The van der Waals surface area contributed by atoms with Crippen LogP contribution >= 0.6 is 11.3 Å². The monoisotopic (exact) mass is 545 g/mol. The number of thiazole rings is 1. The number of hydrogen-bond acceptors (Lipinski definition) is 7. The number of hydrogen-bond donors (Lipinski definition) is 0. The zero-order chi connectivity index (χ0) is 27.8. The van der Waals surface area contributed by atoms with Gasteiger partial charge in [0.1, 0.15) is 0 Å². The lowest BCUT2D eigenvalue weighted by Crippen LogP contribution is -2.39. The van der Waals surface area contributed by atoms with E-state index in [2.05, 4.69) is 41.7 Å². The number of rotatable bonds is 7. The summed E-state index contributed by atoms with van der Waals surface area (Å²) >= 11 is 1.31. The summed E-state index contributed by atoms with van der Waals surface area (Å²) in [4.78, 5) is 32.4. The number of nitrogens with zero attached hydrogens (tertiary/aromatic N) is 3. The van der Waals surface area contributed by atoms with E-state index in [0.717, 1.165) is 16.5 Å². The first-order chi connectivity index (χ1) is 18.8. The van der Waals surface area contributed by atoms with Crippen LogP contribution in [0.25, 0.3) is 17.0 Å². The van der Waals surface area contributed by atoms with Crippen molar-refractivity contribution >= 4 is 34.3 Å². The molecule has 0 spiro atoms. The summed E-state index contributed by atoms with van der Waals surface area (Å²) < 4.78 is 20.7. The Bertz CT molecular complexity index is 1790. The van der Waals surface area contributed by atoms with Crippen LogP contribution in [0.15, 0.2) is 69.7 Å². The molecule has 0 amide bonds. The maximum atomic E-state index is 14.0. The van der Waals surface area contributed by atoms with E-state index < -0.39 is 12.0 Å². The van der Waals surface area contributed by atoms with E-state index in [9.17, 15) is 9.59 Å². The Labute approximate surface area is 230 Å². The van der Waals surface area contributed by atoms with Crippen molar-refractivity contribution in [3.05, 3.63) is 90.7 Å². The summed E-state index contributed by atoms with van der Waals surface area (Å²) in [5, 5.41) is 1.07. The highest BCUT2D eigenvalue weighted by Crippen LogP contribution is 2.36. The Morgan fingerprint density at radius 2 is 1.87 bits per heavy atom. The van der Waals surface area contributed by atoms with Crippen molar-refractivity contribution in [2.45, 2.75) is 39.8 Å². The molecule has 1 aliphatic heterocycles. The number of benzene rings is 2.